The molecule has 1 aliphatic rings. The molecule has 29 heavy (non-hydrogen) atoms. The summed E-state index contributed by atoms with van der Waals surface area (Å²) in [7, 11) is 1.26. The SMILES string of the molecule is COC(=O)[C@H](NC(=O)[C@@H]1C[C@H](NC(=O)NC(C)C)CN1C(=O)C=C(C)C)C(C)C. The first-order chi connectivity index (χ1) is 13.5. The lowest BCUT2D eigenvalue weighted by atomic mass is 10.0. The van der Waals surface area contributed by atoms with Crippen LogP contribution in [-0.4, -0.2) is 66.5 Å². The second kappa shape index (κ2) is 10.8. The number of hydrogen-bond acceptors (Lipinski definition) is 5. The summed E-state index contributed by atoms with van der Waals surface area (Å²) in [4.78, 5) is 51.0. The van der Waals surface area contributed by atoms with E-state index in [9.17, 15) is 19.2 Å². The topological polar surface area (TPSA) is 117 Å². The molecule has 1 aliphatic heterocycles. The fraction of sp³-hybridized carbons (Fsp3) is 0.700. The molecule has 4 amide bonds. The molecule has 9 heteroatoms. The third-order valence-electron chi connectivity index (χ3n) is 4.47. The lowest BCUT2D eigenvalue weighted by Gasteiger charge is -2.26. The first-order valence-electron chi connectivity index (χ1n) is 9.87. The summed E-state index contributed by atoms with van der Waals surface area (Å²) < 4.78 is 4.77. The van der Waals surface area contributed by atoms with Crippen molar-refractivity contribution in [3.63, 3.8) is 0 Å². The summed E-state index contributed by atoms with van der Waals surface area (Å²) in [6.07, 6.45) is 1.71. The first-order valence-corrected chi connectivity index (χ1v) is 9.87. The summed E-state index contributed by atoms with van der Waals surface area (Å²) in [5.41, 5.74) is 0.803. The van der Waals surface area contributed by atoms with Gasteiger partial charge in [-0.1, -0.05) is 19.4 Å². The largest absolute Gasteiger partial charge is 0.467 e. The Morgan fingerprint density at radius 3 is 2.17 bits per heavy atom. The number of hydrogen-bond donors (Lipinski definition) is 3. The molecule has 0 aromatic heterocycles. The highest BCUT2D eigenvalue weighted by atomic mass is 16.5. The van der Waals surface area contributed by atoms with Gasteiger partial charge < -0.3 is 25.6 Å². The molecule has 1 fully saturated rings. The van der Waals surface area contributed by atoms with Crippen molar-refractivity contribution in [1.29, 1.82) is 0 Å². The van der Waals surface area contributed by atoms with Crippen LogP contribution in [0.4, 0.5) is 4.79 Å². The molecule has 1 saturated heterocycles. The van der Waals surface area contributed by atoms with Gasteiger partial charge in [0, 0.05) is 18.7 Å². The van der Waals surface area contributed by atoms with Crippen LogP contribution >= 0.6 is 0 Å². The molecule has 0 unspecified atom stereocenters. The molecule has 164 valence electrons. The quantitative estimate of drug-likeness (QED) is 0.427. The molecule has 0 saturated carbocycles. The van der Waals surface area contributed by atoms with E-state index in [1.54, 1.807) is 27.7 Å². The van der Waals surface area contributed by atoms with Crippen LogP contribution in [0.15, 0.2) is 11.6 Å². The second-order valence-corrected chi connectivity index (χ2v) is 8.19. The maximum atomic E-state index is 12.9. The van der Waals surface area contributed by atoms with Gasteiger partial charge in [-0.3, -0.25) is 9.59 Å². The standard InChI is InChI=1S/C20H34N4O5/c1-11(2)8-16(25)24-10-14(22-20(28)21-13(5)6)9-15(24)18(26)23-17(12(3)4)19(27)29-7/h8,12-15,17H,9-10H2,1-7H3,(H,23,26)(H2,21,22,28)/t14-,15-,17+/m0/s1. The Hall–Kier alpha value is -2.58. The number of carbonyl (C=O) groups is 4. The smallest absolute Gasteiger partial charge is 0.328 e. The summed E-state index contributed by atoms with van der Waals surface area (Å²) >= 11 is 0. The van der Waals surface area contributed by atoms with Gasteiger partial charge in [0.1, 0.15) is 12.1 Å². The van der Waals surface area contributed by atoms with E-state index >= 15 is 0 Å². The predicted molar refractivity (Wildman–Crippen MR) is 109 cm³/mol. The highest BCUT2D eigenvalue weighted by molar-refractivity contribution is 5.95. The Balaban J connectivity index is 2.99. The van der Waals surface area contributed by atoms with Crippen molar-refractivity contribution in [2.75, 3.05) is 13.7 Å². The van der Waals surface area contributed by atoms with E-state index < -0.39 is 24.0 Å². The third kappa shape index (κ3) is 7.40. The van der Waals surface area contributed by atoms with Crippen molar-refractivity contribution < 1.29 is 23.9 Å². The maximum absolute atomic E-state index is 12.9. The minimum atomic E-state index is -0.816. The number of rotatable bonds is 7. The van der Waals surface area contributed by atoms with Gasteiger partial charge in [-0.15, -0.1) is 0 Å². The minimum Gasteiger partial charge on any atom is -0.467 e. The number of likely N-dealkylation sites (tertiary alicyclic amines) is 1. The number of methoxy groups -OCH3 is 1. The Morgan fingerprint density at radius 2 is 1.69 bits per heavy atom. The molecule has 1 heterocycles. The lowest BCUT2D eigenvalue weighted by Crippen LogP contribution is -2.52. The van der Waals surface area contributed by atoms with Crippen molar-refractivity contribution in [2.45, 2.75) is 72.1 Å². The van der Waals surface area contributed by atoms with E-state index in [0.29, 0.717) is 0 Å². The Morgan fingerprint density at radius 1 is 1.07 bits per heavy atom. The van der Waals surface area contributed by atoms with E-state index in [4.69, 9.17) is 4.74 Å². The Bertz CT molecular complexity index is 655. The maximum Gasteiger partial charge on any atom is 0.328 e. The van der Waals surface area contributed by atoms with Gasteiger partial charge in [0.25, 0.3) is 0 Å². The summed E-state index contributed by atoms with van der Waals surface area (Å²) in [6, 6.07) is -2.38. The van der Waals surface area contributed by atoms with Gasteiger partial charge in [-0.25, -0.2) is 9.59 Å². The molecule has 0 aliphatic carbocycles. The molecule has 0 aromatic rings. The van der Waals surface area contributed by atoms with Crippen LogP contribution in [0.5, 0.6) is 0 Å². The molecule has 0 aromatic carbocycles. The van der Waals surface area contributed by atoms with Gasteiger partial charge in [-0.05, 0) is 40.0 Å². The zero-order chi connectivity index (χ0) is 22.3. The van der Waals surface area contributed by atoms with Crippen LogP contribution in [0.1, 0.15) is 48.0 Å². The van der Waals surface area contributed by atoms with Gasteiger partial charge in [0.15, 0.2) is 0 Å². The molecular formula is C20H34N4O5. The van der Waals surface area contributed by atoms with Crippen LogP contribution in [0.2, 0.25) is 0 Å². The van der Waals surface area contributed by atoms with E-state index in [1.807, 2.05) is 13.8 Å². The fourth-order valence-corrected chi connectivity index (χ4v) is 3.13. The van der Waals surface area contributed by atoms with Crippen molar-refractivity contribution in [3.8, 4) is 0 Å². The highest BCUT2D eigenvalue weighted by Crippen LogP contribution is 2.20. The fourth-order valence-electron chi connectivity index (χ4n) is 3.13. The van der Waals surface area contributed by atoms with E-state index in [0.717, 1.165) is 5.57 Å². The molecule has 3 N–H and O–H groups in total. The monoisotopic (exact) mass is 410 g/mol. The van der Waals surface area contributed by atoms with Gasteiger partial charge in [0.2, 0.25) is 11.8 Å². The van der Waals surface area contributed by atoms with E-state index in [-0.39, 0.29) is 42.9 Å². The third-order valence-corrected chi connectivity index (χ3v) is 4.47. The summed E-state index contributed by atoms with van der Waals surface area (Å²) in [5.74, 6) is -1.48. The van der Waals surface area contributed by atoms with Crippen LogP contribution in [-0.2, 0) is 19.1 Å². The number of nitrogens with one attached hydrogen (secondary N) is 3. The number of ether oxygens (including phenoxy) is 1. The molecule has 0 radical (unpaired) electrons. The number of nitrogens with zero attached hydrogens (tertiary/aromatic N) is 1. The second-order valence-electron chi connectivity index (χ2n) is 8.19. The number of amides is 4. The number of allylic oxidation sites excluding steroid dienone is 1. The molecule has 0 bridgehead atoms. The molecule has 9 nitrogen and oxygen atoms in total. The summed E-state index contributed by atoms with van der Waals surface area (Å²) in [5, 5.41) is 8.24. The van der Waals surface area contributed by atoms with Crippen LogP contribution < -0.4 is 16.0 Å². The van der Waals surface area contributed by atoms with Crippen LogP contribution in [0, 0.1) is 5.92 Å². The van der Waals surface area contributed by atoms with Gasteiger partial charge in [0.05, 0.1) is 13.2 Å². The molecule has 1 rings (SSSR count). The average Bonchev–Trinajstić information content (AvgIpc) is 3.01. The molecular weight excluding hydrogens is 376 g/mol. The van der Waals surface area contributed by atoms with Gasteiger partial charge >= 0.3 is 12.0 Å². The number of esters is 1. The normalized spacial score (nSPS) is 19.6. The van der Waals surface area contributed by atoms with Crippen molar-refractivity contribution in [3.05, 3.63) is 11.6 Å². The first kappa shape index (κ1) is 24.5. The minimum absolute atomic E-state index is 0.0363. The molecule has 0 spiro atoms. The Labute approximate surface area is 172 Å². The highest BCUT2D eigenvalue weighted by Gasteiger charge is 2.41. The summed E-state index contributed by atoms with van der Waals surface area (Å²) in [6.45, 7) is 11.1. The average molecular weight is 411 g/mol. The Kier molecular flexibility index (Phi) is 9.13. The van der Waals surface area contributed by atoms with Crippen molar-refractivity contribution >= 4 is 23.8 Å². The zero-order valence-corrected chi connectivity index (χ0v) is 18.4. The lowest BCUT2D eigenvalue weighted by molar-refractivity contribution is -0.147. The number of carbonyl (C=O) groups excluding carboxylic acids is 4. The van der Waals surface area contributed by atoms with Crippen molar-refractivity contribution in [1.82, 2.24) is 20.9 Å². The van der Waals surface area contributed by atoms with E-state index in [1.165, 1.54) is 18.1 Å². The zero-order valence-electron chi connectivity index (χ0n) is 18.4. The molecule has 3 atom stereocenters. The van der Waals surface area contributed by atoms with E-state index in [2.05, 4.69) is 16.0 Å². The van der Waals surface area contributed by atoms with Crippen LogP contribution in [0.3, 0.4) is 0 Å². The number of urea groups is 1. The van der Waals surface area contributed by atoms with Crippen molar-refractivity contribution in [2.24, 2.45) is 5.92 Å². The van der Waals surface area contributed by atoms with Gasteiger partial charge in [-0.2, -0.15) is 0 Å². The predicted octanol–water partition coefficient (Wildman–Crippen LogP) is 0.944. The van der Waals surface area contributed by atoms with Crippen LogP contribution in [0.25, 0.3) is 0 Å².